The van der Waals surface area contributed by atoms with Crippen molar-refractivity contribution >= 4 is 22.4 Å². The van der Waals surface area contributed by atoms with Crippen LogP contribution < -0.4 is 5.32 Å². The molecule has 1 aromatic carbocycles. The van der Waals surface area contributed by atoms with E-state index >= 15 is 0 Å². The number of carbonyl (C=O) groups is 1. The van der Waals surface area contributed by atoms with Gasteiger partial charge < -0.3 is 5.32 Å². The quantitative estimate of drug-likeness (QED) is 0.942. The molecule has 0 spiro atoms. The van der Waals surface area contributed by atoms with Crippen LogP contribution in [0.2, 0.25) is 0 Å². The monoisotopic (exact) mass is 319 g/mol. The summed E-state index contributed by atoms with van der Waals surface area (Å²) in [6.45, 7) is 1.98. The van der Waals surface area contributed by atoms with Crippen LogP contribution in [0.3, 0.4) is 0 Å². The lowest BCUT2D eigenvalue weighted by Crippen LogP contribution is -2.38. The highest BCUT2D eigenvalue weighted by molar-refractivity contribution is 7.13. The Hall–Kier alpha value is -1.79. The van der Waals surface area contributed by atoms with Crippen LogP contribution in [0, 0.1) is 5.82 Å². The number of hydrogen-bond acceptors (Lipinski definition) is 4. The topological polar surface area (TPSA) is 45.2 Å². The van der Waals surface area contributed by atoms with Crippen molar-refractivity contribution < 1.29 is 9.18 Å². The smallest absolute Gasteiger partial charge is 0.240 e. The van der Waals surface area contributed by atoms with Crippen molar-refractivity contribution in [1.82, 2.24) is 9.88 Å². The van der Waals surface area contributed by atoms with Crippen molar-refractivity contribution in [2.45, 2.75) is 18.8 Å². The Kier molecular flexibility index (Phi) is 4.80. The fraction of sp³-hybridized carbons (Fsp3) is 0.375. The summed E-state index contributed by atoms with van der Waals surface area (Å²) in [5, 5.41) is 5.25. The Morgan fingerprint density at radius 3 is 2.82 bits per heavy atom. The van der Waals surface area contributed by atoms with Crippen molar-refractivity contribution in [3.05, 3.63) is 47.2 Å². The van der Waals surface area contributed by atoms with Gasteiger partial charge in [-0.25, -0.2) is 9.37 Å². The van der Waals surface area contributed by atoms with Gasteiger partial charge >= 0.3 is 0 Å². The first-order valence-electron chi connectivity index (χ1n) is 7.38. The van der Waals surface area contributed by atoms with Crippen LogP contribution in [0.4, 0.5) is 9.52 Å². The highest BCUT2D eigenvalue weighted by atomic mass is 32.1. The highest BCUT2D eigenvalue weighted by Crippen LogP contribution is 2.29. The number of carbonyl (C=O) groups excluding carboxylic acids is 1. The molecule has 0 bridgehead atoms. The minimum absolute atomic E-state index is 0.0423. The van der Waals surface area contributed by atoms with E-state index in [4.69, 9.17) is 0 Å². The average molecular weight is 319 g/mol. The van der Waals surface area contributed by atoms with E-state index in [0.717, 1.165) is 31.5 Å². The van der Waals surface area contributed by atoms with Gasteiger partial charge in [0.05, 0.1) is 6.54 Å². The predicted molar refractivity (Wildman–Crippen MR) is 85.6 cm³/mol. The number of aromatic nitrogens is 1. The number of benzene rings is 1. The molecule has 1 aliphatic heterocycles. The maximum absolute atomic E-state index is 13.8. The van der Waals surface area contributed by atoms with Gasteiger partial charge in [-0.1, -0.05) is 18.2 Å². The Morgan fingerprint density at radius 2 is 2.14 bits per heavy atom. The Bertz CT molecular complexity index is 624. The molecule has 3 rings (SSSR count). The number of piperidine rings is 1. The lowest BCUT2D eigenvalue weighted by atomic mass is 9.89. The van der Waals surface area contributed by atoms with Crippen LogP contribution in [-0.2, 0) is 4.79 Å². The largest absolute Gasteiger partial charge is 0.301 e. The number of nitrogens with zero attached hydrogens (tertiary/aromatic N) is 2. The standard InChI is InChI=1S/C16H18FN3OS/c17-14-4-2-1-3-13(14)12-5-8-20(9-6-12)11-15(21)19-16-18-7-10-22-16/h1-4,7,10,12H,5-6,8-9,11H2,(H,18,19,21). The molecule has 0 radical (unpaired) electrons. The SMILES string of the molecule is O=C(CN1CCC(c2ccccc2F)CC1)Nc1nccs1. The summed E-state index contributed by atoms with van der Waals surface area (Å²) in [7, 11) is 0. The summed E-state index contributed by atoms with van der Waals surface area (Å²) in [6.07, 6.45) is 3.43. The van der Waals surface area contributed by atoms with Crippen LogP contribution in [0.1, 0.15) is 24.3 Å². The maximum atomic E-state index is 13.8. The van der Waals surface area contributed by atoms with Gasteiger partial charge in [0.1, 0.15) is 5.82 Å². The number of likely N-dealkylation sites (tertiary alicyclic amines) is 1. The first kappa shape index (κ1) is 15.1. The van der Waals surface area contributed by atoms with Crippen LogP contribution in [0.15, 0.2) is 35.8 Å². The molecule has 6 heteroatoms. The molecule has 22 heavy (non-hydrogen) atoms. The molecule has 1 saturated heterocycles. The van der Waals surface area contributed by atoms with Gasteiger partial charge in [0.15, 0.2) is 5.13 Å². The second kappa shape index (κ2) is 6.98. The van der Waals surface area contributed by atoms with Crippen LogP contribution >= 0.6 is 11.3 Å². The summed E-state index contributed by atoms with van der Waals surface area (Å²) >= 11 is 1.41. The zero-order valence-electron chi connectivity index (χ0n) is 12.2. The molecule has 0 aliphatic carbocycles. The van der Waals surface area contributed by atoms with Gasteiger partial charge in [-0.2, -0.15) is 0 Å². The summed E-state index contributed by atoms with van der Waals surface area (Å²) in [4.78, 5) is 18.1. The zero-order chi connectivity index (χ0) is 15.4. The minimum atomic E-state index is -0.123. The van der Waals surface area contributed by atoms with Gasteiger partial charge in [-0.05, 0) is 43.5 Å². The lowest BCUT2D eigenvalue weighted by Gasteiger charge is -2.31. The van der Waals surface area contributed by atoms with E-state index in [1.165, 1.54) is 17.4 Å². The van der Waals surface area contributed by atoms with E-state index in [0.29, 0.717) is 11.7 Å². The number of halogens is 1. The molecule has 116 valence electrons. The molecule has 1 fully saturated rings. The number of thiazole rings is 1. The second-order valence-corrected chi connectivity index (χ2v) is 6.35. The molecule has 1 amide bonds. The molecule has 1 aliphatic rings. The Labute approximate surface area is 133 Å². The van der Waals surface area contributed by atoms with E-state index in [1.807, 2.05) is 17.5 Å². The summed E-state index contributed by atoms with van der Waals surface area (Å²) in [6, 6.07) is 6.98. The van der Waals surface area contributed by atoms with Crippen molar-refractivity contribution in [3.63, 3.8) is 0 Å². The molecule has 4 nitrogen and oxygen atoms in total. The van der Waals surface area contributed by atoms with Crippen LogP contribution in [-0.4, -0.2) is 35.4 Å². The molecule has 1 aromatic heterocycles. The Balaban J connectivity index is 1.49. The number of nitrogens with one attached hydrogen (secondary N) is 1. The van der Waals surface area contributed by atoms with Gasteiger partial charge in [0, 0.05) is 11.6 Å². The van der Waals surface area contributed by atoms with E-state index < -0.39 is 0 Å². The molecule has 0 unspecified atom stereocenters. The van der Waals surface area contributed by atoms with Crippen molar-refractivity contribution in [1.29, 1.82) is 0 Å². The predicted octanol–water partition coefficient (Wildman–Crippen LogP) is 3.10. The Morgan fingerprint density at radius 1 is 1.36 bits per heavy atom. The molecule has 1 N–H and O–H groups in total. The normalized spacial score (nSPS) is 16.6. The summed E-state index contributed by atoms with van der Waals surface area (Å²) in [5.74, 6) is 0.0845. The van der Waals surface area contributed by atoms with E-state index in [-0.39, 0.29) is 17.6 Å². The first-order valence-corrected chi connectivity index (χ1v) is 8.26. The van der Waals surface area contributed by atoms with Gasteiger partial charge in [0.2, 0.25) is 5.91 Å². The fourth-order valence-corrected chi connectivity index (χ4v) is 3.40. The molecule has 0 saturated carbocycles. The average Bonchev–Trinajstić information content (AvgIpc) is 3.01. The summed E-state index contributed by atoms with van der Waals surface area (Å²) in [5.41, 5.74) is 0.800. The molecule has 2 heterocycles. The third-order valence-corrected chi connectivity index (χ3v) is 4.67. The van der Waals surface area contributed by atoms with Crippen molar-refractivity contribution in [3.8, 4) is 0 Å². The van der Waals surface area contributed by atoms with Gasteiger partial charge in [-0.15, -0.1) is 11.3 Å². The number of hydrogen-bond donors (Lipinski definition) is 1. The number of anilines is 1. The van der Waals surface area contributed by atoms with E-state index in [1.54, 1.807) is 12.3 Å². The van der Waals surface area contributed by atoms with Gasteiger partial charge in [0.25, 0.3) is 0 Å². The molecule has 2 aromatic rings. The second-order valence-electron chi connectivity index (χ2n) is 5.46. The van der Waals surface area contributed by atoms with E-state index in [2.05, 4.69) is 15.2 Å². The summed E-state index contributed by atoms with van der Waals surface area (Å²) < 4.78 is 13.8. The van der Waals surface area contributed by atoms with Crippen molar-refractivity contribution in [2.24, 2.45) is 0 Å². The minimum Gasteiger partial charge on any atom is -0.301 e. The molecular weight excluding hydrogens is 301 g/mol. The molecular formula is C16H18FN3OS. The van der Waals surface area contributed by atoms with Crippen LogP contribution in [0.5, 0.6) is 0 Å². The number of amides is 1. The molecule has 0 atom stereocenters. The van der Waals surface area contributed by atoms with Gasteiger partial charge in [-0.3, -0.25) is 9.69 Å². The number of rotatable bonds is 4. The van der Waals surface area contributed by atoms with Crippen molar-refractivity contribution in [2.75, 3.05) is 25.0 Å². The van der Waals surface area contributed by atoms with E-state index in [9.17, 15) is 9.18 Å². The first-order chi connectivity index (χ1) is 10.7. The maximum Gasteiger partial charge on any atom is 0.240 e. The highest BCUT2D eigenvalue weighted by Gasteiger charge is 2.23. The zero-order valence-corrected chi connectivity index (χ0v) is 13.0. The lowest BCUT2D eigenvalue weighted by molar-refractivity contribution is -0.117. The van der Waals surface area contributed by atoms with Crippen LogP contribution in [0.25, 0.3) is 0 Å². The third kappa shape index (κ3) is 3.69. The fourth-order valence-electron chi connectivity index (χ4n) is 2.86. The third-order valence-electron chi connectivity index (χ3n) is 3.98.